The van der Waals surface area contributed by atoms with Crippen LogP contribution in [-0.2, 0) is 14.2 Å². The standard InChI is InChI=1S/C14H18O8/c15-4-9-11(18)12(19)13-14(22-9)20-5-10(21-13)6-1-2-7(16)8(17)3-6/h1-3,9-19H,4-5H2/t9-,10-,11-,12+,13-,14+/m1/s1. The van der Waals surface area contributed by atoms with E-state index in [9.17, 15) is 20.4 Å². The van der Waals surface area contributed by atoms with Crippen LogP contribution in [0.2, 0.25) is 0 Å². The number of rotatable bonds is 2. The van der Waals surface area contributed by atoms with E-state index in [0.717, 1.165) is 0 Å². The molecule has 0 amide bonds. The van der Waals surface area contributed by atoms with Crippen LogP contribution in [0.15, 0.2) is 18.2 Å². The Labute approximate surface area is 126 Å². The summed E-state index contributed by atoms with van der Waals surface area (Å²) in [6, 6.07) is 4.23. The van der Waals surface area contributed by atoms with E-state index in [4.69, 9.17) is 19.3 Å². The number of benzene rings is 1. The zero-order valence-electron chi connectivity index (χ0n) is 11.6. The molecule has 5 N–H and O–H groups in total. The first kappa shape index (κ1) is 15.5. The van der Waals surface area contributed by atoms with Gasteiger partial charge in [0.1, 0.15) is 30.5 Å². The van der Waals surface area contributed by atoms with Gasteiger partial charge < -0.3 is 39.7 Å². The molecule has 2 heterocycles. The molecule has 0 radical (unpaired) electrons. The van der Waals surface area contributed by atoms with Crippen LogP contribution in [0.1, 0.15) is 11.7 Å². The van der Waals surface area contributed by atoms with Gasteiger partial charge in [0.25, 0.3) is 0 Å². The third kappa shape index (κ3) is 2.65. The first-order valence-corrected chi connectivity index (χ1v) is 6.92. The second-order valence-corrected chi connectivity index (χ2v) is 5.38. The zero-order valence-corrected chi connectivity index (χ0v) is 11.6. The number of aromatic hydroxyl groups is 2. The summed E-state index contributed by atoms with van der Waals surface area (Å²) in [7, 11) is 0. The molecule has 8 nitrogen and oxygen atoms in total. The Bertz CT molecular complexity index is 534. The second kappa shape index (κ2) is 5.99. The topological polar surface area (TPSA) is 129 Å². The van der Waals surface area contributed by atoms with E-state index in [1.807, 2.05) is 0 Å². The van der Waals surface area contributed by atoms with Crippen LogP contribution in [-0.4, -0.2) is 69.5 Å². The highest BCUT2D eigenvalue weighted by atomic mass is 16.7. The molecular weight excluding hydrogens is 296 g/mol. The quantitative estimate of drug-likeness (QED) is 0.439. The Morgan fingerprint density at radius 1 is 1.05 bits per heavy atom. The fourth-order valence-corrected chi connectivity index (χ4v) is 2.66. The molecule has 0 spiro atoms. The molecule has 0 aliphatic carbocycles. The molecule has 2 fully saturated rings. The third-order valence-corrected chi connectivity index (χ3v) is 3.93. The molecule has 8 heteroatoms. The summed E-state index contributed by atoms with van der Waals surface area (Å²) in [5, 5.41) is 47.9. The van der Waals surface area contributed by atoms with Crippen LogP contribution in [0.3, 0.4) is 0 Å². The molecule has 1 aromatic carbocycles. The number of hydrogen-bond acceptors (Lipinski definition) is 8. The molecule has 22 heavy (non-hydrogen) atoms. The van der Waals surface area contributed by atoms with Crippen LogP contribution in [0, 0.1) is 0 Å². The molecule has 1 aromatic rings. The summed E-state index contributed by atoms with van der Waals surface area (Å²) in [6.45, 7) is -0.341. The van der Waals surface area contributed by atoms with E-state index in [0.29, 0.717) is 5.56 Å². The molecular formula is C14H18O8. The van der Waals surface area contributed by atoms with E-state index in [-0.39, 0.29) is 18.1 Å². The normalized spacial score (nSPS) is 38.5. The Balaban J connectivity index is 1.76. The Morgan fingerprint density at radius 2 is 1.82 bits per heavy atom. The van der Waals surface area contributed by atoms with Gasteiger partial charge in [-0.2, -0.15) is 0 Å². The van der Waals surface area contributed by atoms with Crippen molar-refractivity contribution in [2.75, 3.05) is 13.2 Å². The number of phenolic OH excluding ortho intramolecular Hbond substituents is 2. The Hall–Kier alpha value is -1.42. The van der Waals surface area contributed by atoms with Gasteiger partial charge in [-0.15, -0.1) is 0 Å². The predicted molar refractivity (Wildman–Crippen MR) is 71.1 cm³/mol. The SMILES string of the molecule is OC[C@H]1O[C@@H]2OC[C@H](c3ccc(O)c(O)c3)O[C@@H]2[C@@H](O)[C@@H]1O. The minimum absolute atomic E-state index is 0.104. The summed E-state index contributed by atoms with van der Waals surface area (Å²) < 4.78 is 16.6. The van der Waals surface area contributed by atoms with Gasteiger partial charge in [-0.3, -0.25) is 0 Å². The monoisotopic (exact) mass is 314 g/mol. The van der Waals surface area contributed by atoms with Crippen molar-refractivity contribution < 1.29 is 39.7 Å². The smallest absolute Gasteiger partial charge is 0.187 e. The lowest BCUT2D eigenvalue weighted by molar-refractivity contribution is -0.350. The van der Waals surface area contributed by atoms with Gasteiger partial charge in [0.15, 0.2) is 17.8 Å². The second-order valence-electron chi connectivity index (χ2n) is 5.38. The lowest BCUT2D eigenvalue weighted by atomic mass is 9.97. The fourth-order valence-electron chi connectivity index (χ4n) is 2.66. The minimum Gasteiger partial charge on any atom is -0.504 e. The van der Waals surface area contributed by atoms with Crippen LogP contribution >= 0.6 is 0 Å². The number of aliphatic hydroxyl groups is 3. The van der Waals surface area contributed by atoms with Gasteiger partial charge in [-0.25, -0.2) is 0 Å². The van der Waals surface area contributed by atoms with Crippen molar-refractivity contribution in [1.82, 2.24) is 0 Å². The van der Waals surface area contributed by atoms with Gasteiger partial charge in [-0.1, -0.05) is 6.07 Å². The van der Waals surface area contributed by atoms with Crippen molar-refractivity contribution in [1.29, 1.82) is 0 Å². The van der Waals surface area contributed by atoms with E-state index >= 15 is 0 Å². The lowest BCUT2D eigenvalue weighted by Crippen LogP contribution is -2.62. The molecule has 0 unspecified atom stereocenters. The van der Waals surface area contributed by atoms with Crippen molar-refractivity contribution in [3.8, 4) is 11.5 Å². The molecule has 6 atom stereocenters. The summed E-state index contributed by atoms with van der Waals surface area (Å²) in [4.78, 5) is 0. The highest BCUT2D eigenvalue weighted by Crippen LogP contribution is 2.36. The lowest BCUT2D eigenvalue weighted by Gasteiger charge is -2.46. The number of ether oxygens (including phenoxy) is 3. The number of phenols is 2. The van der Waals surface area contributed by atoms with Crippen molar-refractivity contribution in [2.24, 2.45) is 0 Å². The molecule has 2 saturated heterocycles. The summed E-state index contributed by atoms with van der Waals surface area (Å²) >= 11 is 0. The maximum Gasteiger partial charge on any atom is 0.187 e. The molecule has 0 aromatic heterocycles. The van der Waals surface area contributed by atoms with Crippen LogP contribution < -0.4 is 0 Å². The number of hydrogen-bond donors (Lipinski definition) is 5. The number of aliphatic hydroxyl groups excluding tert-OH is 3. The van der Waals surface area contributed by atoms with Gasteiger partial charge in [0.2, 0.25) is 0 Å². The average Bonchev–Trinajstić information content (AvgIpc) is 2.53. The van der Waals surface area contributed by atoms with Crippen LogP contribution in [0.5, 0.6) is 11.5 Å². The van der Waals surface area contributed by atoms with E-state index in [1.165, 1.54) is 12.1 Å². The minimum atomic E-state index is -1.29. The largest absolute Gasteiger partial charge is 0.504 e. The van der Waals surface area contributed by atoms with Crippen LogP contribution in [0.25, 0.3) is 0 Å². The van der Waals surface area contributed by atoms with Gasteiger partial charge >= 0.3 is 0 Å². The Kier molecular flexibility index (Phi) is 4.22. The highest BCUT2D eigenvalue weighted by Gasteiger charge is 2.48. The van der Waals surface area contributed by atoms with Gasteiger partial charge in [0, 0.05) is 0 Å². The van der Waals surface area contributed by atoms with Crippen LogP contribution in [0.4, 0.5) is 0 Å². The van der Waals surface area contributed by atoms with Crippen molar-refractivity contribution in [2.45, 2.75) is 36.8 Å². The summed E-state index contributed by atoms with van der Waals surface area (Å²) in [5.74, 6) is -0.537. The average molecular weight is 314 g/mol. The highest BCUT2D eigenvalue weighted by molar-refractivity contribution is 5.41. The molecule has 2 aliphatic rings. The fraction of sp³-hybridized carbons (Fsp3) is 0.571. The van der Waals surface area contributed by atoms with E-state index < -0.39 is 43.4 Å². The van der Waals surface area contributed by atoms with E-state index in [1.54, 1.807) is 6.07 Å². The zero-order chi connectivity index (χ0) is 15.9. The molecule has 3 rings (SSSR count). The van der Waals surface area contributed by atoms with Crippen molar-refractivity contribution in [3.63, 3.8) is 0 Å². The number of fused-ring (bicyclic) bond motifs is 1. The summed E-state index contributed by atoms with van der Waals surface area (Å²) in [6.07, 6.45) is -5.91. The molecule has 0 bridgehead atoms. The maximum atomic E-state index is 10.1. The third-order valence-electron chi connectivity index (χ3n) is 3.93. The molecule has 0 saturated carbocycles. The first-order chi connectivity index (χ1) is 10.5. The Morgan fingerprint density at radius 3 is 2.50 bits per heavy atom. The summed E-state index contributed by atoms with van der Waals surface area (Å²) in [5.41, 5.74) is 0.555. The maximum absolute atomic E-state index is 10.1. The van der Waals surface area contributed by atoms with Crippen molar-refractivity contribution >= 4 is 0 Å². The molecule has 2 aliphatic heterocycles. The molecule has 122 valence electrons. The van der Waals surface area contributed by atoms with E-state index in [2.05, 4.69) is 0 Å². The predicted octanol–water partition coefficient (Wildman–Crippen LogP) is -1.01. The first-order valence-electron chi connectivity index (χ1n) is 6.92. The van der Waals surface area contributed by atoms with Gasteiger partial charge in [-0.05, 0) is 17.7 Å². The van der Waals surface area contributed by atoms with Gasteiger partial charge in [0.05, 0.1) is 13.2 Å². The van der Waals surface area contributed by atoms with Crippen molar-refractivity contribution in [3.05, 3.63) is 23.8 Å².